The number of aliphatic imine (C=N–C) groups is 1. The van der Waals surface area contributed by atoms with Crippen LogP contribution in [0.25, 0.3) is 0 Å². The van der Waals surface area contributed by atoms with Gasteiger partial charge in [-0.05, 0) is 5.92 Å². The van der Waals surface area contributed by atoms with Crippen LogP contribution < -0.4 is 5.32 Å². The van der Waals surface area contributed by atoms with E-state index in [-0.39, 0.29) is 0 Å². The summed E-state index contributed by atoms with van der Waals surface area (Å²) in [6, 6.07) is 0.587. The fraction of sp³-hybridized carbons (Fsp3) is 0.636. The number of amidine groups is 1. The SMILES string of the molecule is CC(C)C1CSC(=NCCc2nccs2)N1. The summed E-state index contributed by atoms with van der Waals surface area (Å²) < 4.78 is 0. The van der Waals surface area contributed by atoms with Crippen LogP contribution in [-0.2, 0) is 6.42 Å². The lowest BCUT2D eigenvalue weighted by molar-refractivity contribution is 0.503. The second kappa shape index (κ2) is 5.68. The zero-order valence-corrected chi connectivity index (χ0v) is 11.3. The Labute approximate surface area is 105 Å². The molecule has 0 radical (unpaired) electrons. The van der Waals surface area contributed by atoms with Crippen LogP contribution in [0.15, 0.2) is 16.6 Å². The van der Waals surface area contributed by atoms with Crippen molar-refractivity contribution in [3.8, 4) is 0 Å². The summed E-state index contributed by atoms with van der Waals surface area (Å²) in [6.45, 7) is 5.33. The lowest BCUT2D eigenvalue weighted by atomic mass is 10.1. The molecule has 0 saturated carbocycles. The number of hydrogen-bond acceptors (Lipinski definition) is 4. The van der Waals surface area contributed by atoms with Crippen molar-refractivity contribution in [3.63, 3.8) is 0 Å². The van der Waals surface area contributed by atoms with Crippen molar-refractivity contribution in [1.82, 2.24) is 10.3 Å². The molecule has 2 rings (SSSR count). The number of rotatable bonds is 4. The summed E-state index contributed by atoms with van der Waals surface area (Å²) in [4.78, 5) is 8.81. The lowest BCUT2D eigenvalue weighted by Gasteiger charge is -2.12. The smallest absolute Gasteiger partial charge is 0.156 e. The van der Waals surface area contributed by atoms with Gasteiger partial charge >= 0.3 is 0 Å². The molecule has 1 unspecified atom stereocenters. The van der Waals surface area contributed by atoms with Gasteiger partial charge < -0.3 is 5.32 Å². The molecule has 1 saturated heterocycles. The van der Waals surface area contributed by atoms with Crippen molar-refractivity contribution >= 4 is 28.3 Å². The van der Waals surface area contributed by atoms with Crippen molar-refractivity contribution < 1.29 is 0 Å². The van der Waals surface area contributed by atoms with Crippen molar-refractivity contribution in [2.45, 2.75) is 26.3 Å². The number of nitrogens with zero attached hydrogens (tertiary/aromatic N) is 2. The van der Waals surface area contributed by atoms with Crippen molar-refractivity contribution in [2.24, 2.45) is 10.9 Å². The Morgan fingerprint density at radius 1 is 1.62 bits per heavy atom. The summed E-state index contributed by atoms with van der Waals surface area (Å²) in [5.41, 5.74) is 0. The molecule has 1 aromatic heterocycles. The number of thiazole rings is 1. The standard InChI is InChI=1S/C11H17N3S2/c1-8(2)9-7-16-11(14-9)13-4-3-10-12-5-6-15-10/h5-6,8-9H,3-4,7H2,1-2H3,(H,13,14). The number of nitrogens with one attached hydrogen (secondary N) is 1. The summed E-state index contributed by atoms with van der Waals surface area (Å²) in [5.74, 6) is 1.83. The largest absolute Gasteiger partial charge is 0.361 e. The van der Waals surface area contributed by atoms with Crippen molar-refractivity contribution in [3.05, 3.63) is 16.6 Å². The molecule has 0 aliphatic carbocycles. The number of hydrogen-bond donors (Lipinski definition) is 1. The predicted molar refractivity (Wildman–Crippen MR) is 72.3 cm³/mol. The summed E-state index contributed by atoms with van der Waals surface area (Å²) >= 11 is 3.54. The van der Waals surface area contributed by atoms with Gasteiger partial charge in [-0.25, -0.2) is 4.98 Å². The van der Waals surface area contributed by atoms with E-state index >= 15 is 0 Å². The minimum atomic E-state index is 0.587. The highest BCUT2D eigenvalue weighted by Gasteiger charge is 2.22. The van der Waals surface area contributed by atoms with Crippen LogP contribution in [-0.4, -0.2) is 28.5 Å². The Hall–Kier alpha value is -0.550. The lowest BCUT2D eigenvalue weighted by Crippen LogP contribution is -2.31. The molecule has 0 bridgehead atoms. The van der Waals surface area contributed by atoms with Gasteiger partial charge in [-0.1, -0.05) is 25.6 Å². The zero-order valence-electron chi connectivity index (χ0n) is 9.64. The van der Waals surface area contributed by atoms with Crippen LogP contribution in [0.4, 0.5) is 0 Å². The van der Waals surface area contributed by atoms with Gasteiger partial charge in [0.1, 0.15) is 0 Å². The van der Waals surface area contributed by atoms with Crippen LogP contribution >= 0.6 is 23.1 Å². The first-order valence-electron chi connectivity index (χ1n) is 5.58. The Balaban J connectivity index is 1.77. The maximum absolute atomic E-state index is 4.57. The molecule has 1 N–H and O–H groups in total. The Morgan fingerprint density at radius 2 is 2.50 bits per heavy atom. The van der Waals surface area contributed by atoms with E-state index in [2.05, 4.69) is 29.1 Å². The molecule has 2 heterocycles. The molecule has 3 nitrogen and oxygen atoms in total. The van der Waals surface area contributed by atoms with Crippen LogP contribution in [0.1, 0.15) is 18.9 Å². The van der Waals surface area contributed by atoms with E-state index in [9.17, 15) is 0 Å². The molecule has 88 valence electrons. The molecule has 1 aromatic rings. The van der Waals surface area contributed by atoms with Crippen LogP contribution in [0, 0.1) is 5.92 Å². The molecule has 1 aliphatic heterocycles. The summed E-state index contributed by atoms with van der Waals surface area (Å²) in [6.07, 6.45) is 2.81. The van der Waals surface area contributed by atoms with Crippen LogP contribution in [0.5, 0.6) is 0 Å². The van der Waals surface area contributed by atoms with E-state index in [1.807, 2.05) is 23.3 Å². The molecule has 1 fully saturated rings. The quantitative estimate of drug-likeness (QED) is 0.897. The predicted octanol–water partition coefficient (Wildman–Crippen LogP) is 2.40. The number of thioether (sulfide) groups is 1. The first-order chi connectivity index (χ1) is 7.75. The Morgan fingerprint density at radius 3 is 3.12 bits per heavy atom. The van der Waals surface area contributed by atoms with Crippen LogP contribution in [0.3, 0.4) is 0 Å². The van der Waals surface area contributed by atoms with E-state index in [1.165, 1.54) is 5.01 Å². The highest BCUT2D eigenvalue weighted by molar-refractivity contribution is 8.14. The zero-order chi connectivity index (χ0) is 11.4. The minimum Gasteiger partial charge on any atom is -0.361 e. The third kappa shape index (κ3) is 3.22. The molecule has 16 heavy (non-hydrogen) atoms. The topological polar surface area (TPSA) is 37.3 Å². The second-order valence-corrected chi connectivity index (χ2v) is 6.16. The first kappa shape index (κ1) is 11.9. The van der Waals surface area contributed by atoms with Gasteiger partial charge in [0.2, 0.25) is 0 Å². The highest BCUT2D eigenvalue weighted by Crippen LogP contribution is 2.19. The highest BCUT2D eigenvalue weighted by atomic mass is 32.2. The maximum Gasteiger partial charge on any atom is 0.156 e. The third-order valence-corrected chi connectivity index (χ3v) is 4.46. The van der Waals surface area contributed by atoms with E-state index in [4.69, 9.17) is 0 Å². The number of aromatic nitrogens is 1. The first-order valence-corrected chi connectivity index (χ1v) is 7.44. The van der Waals surface area contributed by atoms with Crippen molar-refractivity contribution in [2.75, 3.05) is 12.3 Å². The van der Waals surface area contributed by atoms with E-state index in [0.29, 0.717) is 12.0 Å². The average molecular weight is 255 g/mol. The molecule has 1 aliphatic rings. The summed E-state index contributed by atoms with van der Waals surface area (Å²) in [5, 5.41) is 7.76. The molecule has 0 spiro atoms. The van der Waals surface area contributed by atoms with Gasteiger partial charge in [0, 0.05) is 36.3 Å². The van der Waals surface area contributed by atoms with Gasteiger partial charge in [0.15, 0.2) is 5.17 Å². The summed E-state index contributed by atoms with van der Waals surface area (Å²) in [7, 11) is 0. The van der Waals surface area contributed by atoms with Crippen LogP contribution in [0.2, 0.25) is 0 Å². The molecule has 0 amide bonds. The van der Waals surface area contributed by atoms with E-state index in [1.54, 1.807) is 11.3 Å². The van der Waals surface area contributed by atoms with Gasteiger partial charge in [-0.15, -0.1) is 11.3 Å². The Bertz CT molecular complexity index is 346. The molecule has 0 aromatic carbocycles. The fourth-order valence-corrected chi connectivity index (χ4v) is 3.32. The average Bonchev–Trinajstić information content (AvgIpc) is 2.87. The van der Waals surface area contributed by atoms with Gasteiger partial charge in [-0.2, -0.15) is 0 Å². The van der Waals surface area contributed by atoms with E-state index in [0.717, 1.165) is 23.9 Å². The normalized spacial score (nSPS) is 22.9. The maximum atomic E-state index is 4.57. The molecular formula is C11H17N3S2. The molecule has 1 atom stereocenters. The minimum absolute atomic E-state index is 0.587. The van der Waals surface area contributed by atoms with Gasteiger partial charge in [-0.3, -0.25) is 4.99 Å². The third-order valence-electron chi connectivity index (χ3n) is 2.58. The van der Waals surface area contributed by atoms with Gasteiger partial charge in [0.05, 0.1) is 5.01 Å². The van der Waals surface area contributed by atoms with Gasteiger partial charge in [0.25, 0.3) is 0 Å². The second-order valence-electron chi connectivity index (χ2n) is 4.17. The Kier molecular flexibility index (Phi) is 4.23. The van der Waals surface area contributed by atoms with E-state index < -0.39 is 0 Å². The van der Waals surface area contributed by atoms with Crippen molar-refractivity contribution in [1.29, 1.82) is 0 Å². The fourth-order valence-electron chi connectivity index (χ4n) is 1.49. The molecular weight excluding hydrogens is 238 g/mol. The molecule has 5 heteroatoms. The monoisotopic (exact) mass is 255 g/mol.